The highest BCUT2D eigenvalue weighted by molar-refractivity contribution is 6.28. The van der Waals surface area contributed by atoms with Crippen molar-refractivity contribution in [2.24, 2.45) is 0 Å². The molecule has 0 radical (unpaired) electrons. The number of hydrogen-bond acceptors (Lipinski definition) is 6. The molecular weight excluding hydrogens is 236 g/mol. The first-order chi connectivity index (χ1) is 7.65. The predicted octanol–water partition coefficient (Wildman–Crippen LogP) is 1.22. The lowest BCUT2D eigenvalue weighted by molar-refractivity contribution is -0.384. The summed E-state index contributed by atoms with van der Waals surface area (Å²) in [6.45, 7) is 0.572. The monoisotopic (exact) mass is 246 g/mol. The summed E-state index contributed by atoms with van der Waals surface area (Å²) in [5, 5.41) is 21.9. The van der Waals surface area contributed by atoms with Crippen LogP contribution >= 0.6 is 11.6 Å². The molecule has 1 rings (SSSR count). The van der Waals surface area contributed by atoms with Crippen LogP contribution in [-0.4, -0.2) is 33.1 Å². The summed E-state index contributed by atoms with van der Waals surface area (Å²) in [4.78, 5) is 17.3. The molecular formula is C8H11ClN4O3. The van der Waals surface area contributed by atoms with Gasteiger partial charge in [0.1, 0.15) is 6.20 Å². The second-order valence-corrected chi connectivity index (χ2v) is 3.33. The lowest BCUT2D eigenvalue weighted by Gasteiger charge is -2.04. The third-order valence-electron chi connectivity index (χ3n) is 1.81. The first kappa shape index (κ1) is 12.6. The van der Waals surface area contributed by atoms with Gasteiger partial charge in [-0.25, -0.2) is 4.98 Å². The second kappa shape index (κ2) is 6.19. The highest BCUT2D eigenvalue weighted by Crippen LogP contribution is 2.21. The Hall–Kier alpha value is -1.47. The molecule has 16 heavy (non-hydrogen) atoms. The third kappa shape index (κ3) is 3.59. The quantitative estimate of drug-likeness (QED) is 0.339. The summed E-state index contributed by atoms with van der Waals surface area (Å²) in [6, 6.07) is 0. The maximum Gasteiger partial charge on any atom is 0.329 e. The Labute approximate surface area is 96.6 Å². The minimum atomic E-state index is -0.579. The number of nitrogens with one attached hydrogen (secondary N) is 1. The van der Waals surface area contributed by atoms with E-state index in [9.17, 15) is 10.1 Å². The first-order valence-electron chi connectivity index (χ1n) is 4.67. The van der Waals surface area contributed by atoms with Crippen LogP contribution in [0.25, 0.3) is 0 Å². The van der Waals surface area contributed by atoms with E-state index >= 15 is 0 Å². The molecule has 0 aliphatic rings. The SMILES string of the molecule is O=[N+]([O-])c1cnc(Cl)nc1NCCCCO. The van der Waals surface area contributed by atoms with Crippen LogP contribution in [0.1, 0.15) is 12.8 Å². The lowest BCUT2D eigenvalue weighted by Crippen LogP contribution is -2.07. The van der Waals surface area contributed by atoms with Crippen LogP contribution in [0.15, 0.2) is 6.20 Å². The van der Waals surface area contributed by atoms with Crippen LogP contribution in [0.4, 0.5) is 11.5 Å². The Balaban J connectivity index is 2.68. The molecule has 0 aliphatic carbocycles. The van der Waals surface area contributed by atoms with Crippen LogP contribution in [0.5, 0.6) is 0 Å². The van der Waals surface area contributed by atoms with Crippen LogP contribution in [0, 0.1) is 10.1 Å². The van der Waals surface area contributed by atoms with Crippen molar-refractivity contribution in [3.05, 3.63) is 21.6 Å². The zero-order chi connectivity index (χ0) is 12.0. The predicted molar refractivity (Wildman–Crippen MR) is 58.5 cm³/mol. The largest absolute Gasteiger partial charge is 0.396 e. The van der Waals surface area contributed by atoms with E-state index in [1.54, 1.807) is 0 Å². The molecule has 0 saturated heterocycles. The molecule has 0 unspecified atom stereocenters. The van der Waals surface area contributed by atoms with Crippen molar-refractivity contribution in [2.45, 2.75) is 12.8 Å². The van der Waals surface area contributed by atoms with Crippen molar-refractivity contribution < 1.29 is 10.0 Å². The average molecular weight is 247 g/mol. The van der Waals surface area contributed by atoms with Gasteiger partial charge in [-0.2, -0.15) is 4.98 Å². The number of hydrogen-bond donors (Lipinski definition) is 2. The molecule has 8 heteroatoms. The first-order valence-corrected chi connectivity index (χ1v) is 5.04. The molecule has 1 aromatic heterocycles. The molecule has 7 nitrogen and oxygen atoms in total. The molecule has 0 fully saturated rings. The summed E-state index contributed by atoms with van der Waals surface area (Å²) >= 11 is 5.54. The molecule has 1 aromatic rings. The van der Waals surface area contributed by atoms with E-state index in [4.69, 9.17) is 16.7 Å². The van der Waals surface area contributed by atoms with Crippen molar-refractivity contribution in [3.8, 4) is 0 Å². The van der Waals surface area contributed by atoms with Gasteiger partial charge in [0.25, 0.3) is 0 Å². The Morgan fingerprint density at radius 1 is 1.56 bits per heavy atom. The van der Waals surface area contributed by atoms with Gasteiger partial charge >= 0.3 is 5.69 Å². The molecule has 0 aliphatic heterocycles. The number of halogens is 1. The zero-order valence-corrected chi connectivity index (χ0v) is 9.15. The minimum absolute atomic E-state index is 0.0461. The summed E-state index contributed by atoms with van der Waals surface area (Å²) in [5.74, 6) is 0.0999. The van der Waals surface area contributed by atoms with Crippen LogP contribution in [0.3, 0.4) is 0 Å². The number of aliphatic hydroxyl groups is 1. The van der Waals surface area contributed by atoms with Gasteiger partial charge in [-0.1, -0.05) is 0 Å². The van der Waals surface area contributed by atoms with E-state index in [-0.39, 0.29) is 23.4 Å². The van der Waals surface area contributed by atoms with Crippen LogP contribution in [0.2, 0.25) is 5.28 Å². The van der Waals surface area contributed by atoms with E-state index in [2.05, 4.69) is 15.3 Å². The van der Waals surface area contributed by atoms with Crippen molar-refractivity contribution in [1.82, 2.24) is 9.97 Å². The van der Waals surface area contributed by atoms with Crippen molar-refractivity contribution in [1.29, 1.82) is 0 Å². The van der Waals surface area contributed by atoms with Crippen molar-refractivity contribution in [2.75, 3.05) is 18.5 Å². The van der Waals surface area contributed by atoms with E-state index in [1.165, 1.54) is 0 Å². The molecule has 2 N–H and O–H groups in total. The van der Waals surface area contributed by atoms with E-state index in [0.29, 0.717) is 19.4 Å². The van der Waals surface area contributed by atoms with Crippen molar-refractivity contribution >= 4 is 23.1 Å². The number of aliphatic hydroxyl groups excluding tert-OH is 1. The fourth-order valence-corrected chi connectivity index (χ4v) is 1.19. The van der Waals surface area contributed by atoms with E-state index in [1.807, 2.05) is 0 Å². The summed E-state index contributed by atoms with van der Waals surface area (Å²) < 4.78 is 0. The number of anilines is 1. The summed E-state index contributed by atoms with van der Waals surface area (Å²) in [7, 11) is 0. The van der Waals surface area contributed by atoms with Crippen LogP contribution < -0.4 is 5.32 Å². The zero-order valence-electron chi connectivity index (χ0n) is 8.39. The Bertz CT molecular complexity index is 374. The minimum Gasteiger partial charge on any atom is -0.396 e. The Morgan fingerprint density at radius 2 is 2.31 bits per heavy atom. The van der Waals surface area contributed by atoms with Gasteiger partial charge in [-0.15, -0.1) is 0 Å². The molecule has 0 spiro atoms. The molecule has 0 aromatic carbocycles. The second-order valence-electron chi connectivity index (χ2n) is 2.99. The molecule has 0 bridgehead atoms. The lowest BCUT2D eigenvalue weighted by atomic mass is 10.3. The van der Waals surface area contributed by atoms with Gasteiger partial charge in [0.2, 0.25) is 11.1 Å². The molecule has 0 saturated carbocycles. The molecule has 88 valence electrons. The van der Waals surface area contributed by atoms with E-state index in [0.717, 1.165) is 6.20 Å². The highest BCUT2D eigenvalue weighted by atomic mass is 35.5. The molecule has 0 atom stereocenters. The van der Waals surface area contributed by atoms with Gasteiger partial charge in [0.05, 0.1) is 4.92 Å². The van der Waals surface area contributed by atoms with Gasteiger partial charge < -0.3 is 10.4 Å². The van der Waals surface area contributed by atoms with Gasteiger partial charge in [-0.05, 0) is 24.4 Å². The molecule has 1 heterocycles. The maximum absolute atomic E-state index is 10.6. The summed E-state index contributed by atoms with van der Waals surface area (Å²) in [5.41, 5.74) is -0.214. The third-order valence-corrected chi connectivity index (χ3v) is 2.00. The van der Waals surface area contributed by atoms with Crippen molar-refractivity contribution in [3.63, 3.8) is 0 Å². The number of rotatable bonds is 6. The fraction of sp³-hybridized carbons (Fsp3) is 0.500. The number of aromatic nitrogens is 2. The average Bonchev–Trinajstić information content (AvgIpc) is 2.24. The number of nitrogens with zero attached hydrogens (tertiary/aromatic N) is 3. The van der Waals surface area contributed by atoms with Gasteiger partial charge in [-0.3, -0.25) is 10.1 Å². The number of unbranched alkanes of at least 4 members (excludes halogenated alkanes) is 1. The highest BCUT2D eigenvalue weighted by Gasteiger charge is 2.15. The standard InChI is InChI=1S/C8H11ClN4O3/c9-8-11-5-6(13(15)16)7(12-8)10-3-1-2-4-14/h5,14H,1-4H2,(H,10,11,12). The fourth-order valence-electron chi connectivity index (χ4n) is 1.06. The molecule has 0 amide bonds. The number of nitro groups is 1. The normalized spacial score (nSPS) is 10.1. The van der Waals surface area contributed by atoms with Gasteiger partial charge in [0, 0.05) is 13.2 Å². The Morgan fingerprint density at radius 3 is 2.94 bits per heavy atom. The maximum atomic E-state index is 10.6. The smallest absolute Gasteiger partial charge is 0.329 e. The van der Waals surface area contributed by atoms with Crippen LogP contribution in [-0.2, 0) is 0 Å². The Kier molecular flexibility index (Phi) is 4.87. The van der Waals surface area contributed by atoms with E-state index < -0.39 is 4.92 Å². The summed E-state index contributed by atoms with van der Waals surface area (Å²) in [6.07, 6.45) is 2.37. The topological polar surface area (TPSA) is 101 Å². The van der Waals surface area contributed by atoms with Gasteiger partial charge in [0.15, 0.2) is 0 Å².